The molecule has 0 fully saturated rings. The Morgan fingerprint density at radius 1 is 1.10 bits per heavy atom. The van der Waals surface area contributed by atoms with Crippen molar-refractivity contribution in [2.45, 2.75) is 6.04 Å². The lowest BCUT2D eigenvalue weighted by atomic mass is 10.1. The quantitative estimate of drug-likeness (QED) is 0.834. The van der Waals surface area contributed by atoms with Crippen LogP contribution in [0.5, 0.6) is 0 Å². The Balaban J connectivity index is 2.19. The highest BCUT2D eigenvalue weighted by molar-refractivity contribution is 9.10. The predicted molar refractivity (Wildman–Crippen MR) is 87.6 cm³/mol. The molecule has 0 radical (unpaired) electrons. The van der Waals surface area contributed by atoms with Crippen molar-refractivity contribution in [2.24, 2.45) is 5.73 Å². The van der Waals surface area contributed by atoms with Crippen LogP contribution < -0.4 is 11.1 Å². The van der Waals surface area contributed by atoms with Gasteiger partial charge in [0.2, 0.25) is 0 Å². The molecule has 102 valence electrons. The molecule has 0 saturated carbocycles. The third-order valence-electron chi connectivity index (χ3n) is 2.80. The maximum atomic E-state index is 12.2. The molecule has 0 heterocycles. The van der Waals surface area contributed by atoms with E-state index in [2.05, 4.69) is 21.2 Å². The van der Waals surface area contributed by atoms with Gasteiger partial charge in [0.15, 0.2) is 0 Å². The smallest absolute Gasteiger partial charge is 0.252 e. The van der Waals surface area contributed by atoms with Gasteiger partial charge in [-0.3, -0.25) is 4.79 Å². The van der Waals surface area contributed by atoms with Crippen LogP contribution in [0.1, 0.15) is 22.0 Å². The number of benzene rings is 2. The van der Waals surface area contributed by atoms with Crippen molar-refractivity contribution >= 4 is 39.0 Å². The summed E-state index contributed by atoms with van der Waals surface area (Å²) in [5.74, 6) is -0.209. The van der Waals surface area contributed by atoms with Crippen LogP contribution in [0.4, 0.5) is 0 Å². The fourth-order valence-electron chi connectivity index (χ4n) is 1.78. The number of halogens is 1. The van der Waals surface area contributed by atoms with Crippen LogP contribution >= 0.6 is 28.1 Å². The lowest BCUT2D eigenvalue weighted by molar-refractivity contribution is 0.0947. The number of thiocarbonyl (C=S) groups is 1. The molecule has 1 unspecified atom stereocenters. The number of hydrogen-bond acceptors (Lipinski definition) is 2. The van der Waals surface area contributed by atoms with Crippen molar-refractivity contribution in [3.63, 3.8) is 0 Å². The molecule has 0 aliphatic carbocycles. The minimum Gasteiger partial charge on any atom is -0.391 e. The Kier molecular flexibility index (Phi) is 4.87. The molecule has 0 bridgehead atoms. The van der Waals surface area contributed by atoms with E-state index in [-0.39, 0.29) is 10.9 Å². The molecule has 3 N–H and O–H groups in total. The summed E-state index contributed by atoms with van der Waals surface area (Å²) in [7, 11) is 0. The number of amides is 1. The number of hydrogen-bond donors (Lipinski definition) is 2. The number of carbonyl (C=O) groups excluding carboxylic acids is 1. The first kappa shape index (κ1) is 14.7. The van der Waals surface area contributed by atoms with E-state index >= 15 is 0 Å². The summed E-state index contributed by atoms with van der Waals surface area (Å²) in [6.07, 6.45) is 0. The Bertz CT molecular complexity index is 614. The molecule has 2 rings (SSSR count). The lowest BCUT2D eigenvalue weighted by Crippen LogP contribution is -2.36. The van der Waals surface area contributed by atoms with Gasteiger partial charge in [0.25, 0.3) is 5.91 Å². The normalized spacial score (nSPS) is 11.7. The molecule has 1 amide bonds. The molecule has 0 aliphatic rings. The van der Waals surface area contributed by atoms with Crippen LogP contribution in [0.2, 0.25) is 0 Å². The molecule has 3 nitrogen and oxygen atoms in total. The van der Waals surface area contributed by atoms with E-state index in [1.165, 1.54) is 0 Å². The average molecular weight is 349 g/mol. The minimum absolute atomic E-state index is 0.209. The fourth-order valence-corrected chi connectivity index (χ4v) is 2.24. The first-order valence-electron chi connectivity index (χ1n) is 5.98. The van der Waals surface area contributed by atoms with E-state index in [0.29, 0.717) is 5.56 Å². The topological polar surface area (TPSA) is 55.1 Å². The Hall–Kier alpha value is -1.72. The molecule has 2 aromatic rings. The van der Waals surface area contributed by atoms with Gasteiger partial charge in [0.1, 0.15) is 11.0 Å². The van der Waals surface area contributed by atoms with Gasteiger partial charge in [-0.05, 0) is 29.8 Å². The second kappa shape index (κ2) is 6.63. The molecule has 1 atom stereocenters. The summed E-state index contributed by atoms with van der Waals surface area (Å²) in [6.45, 7) is 0. The van der Waals surface area contributed by atoms with E-state index in [1.807, 2.05) is 42.5 Å². The second-order valence-electron chi connectivity index (χ2n) is 4.23. The van der Waals surface area contributed by atoms with Crippen LogP contribution in [0.15, 0.2) is 59.1 Å². The van der Waals surface area contributed by atoms with Gasteiger partial charge in [0.05, 0.1) is 0 Å². The van der Waals surface area contributed by atoms with E-state index in [4.69, 9.17) is 18.0 Å². The maximum absolute atomic E-state index is 12.2. The number of nitrogens with one attached hydrogen (secondary N) is 1. The minimum atomic E-state index is -0.470. The zero-order valence-electron chi connectivity index (χ0n) is 10.5. The fraction of sp³-hybridized carbons (Fsp3) is 0.0667. The Morgan fingerprint density at radius 2 is 1.70 bits per heavy atom. The van der Waals surface area contributed by atoms with Crippen LogP contribution in [0.3, 0.4) is 0 Å². The molecule has 0 aliphatic heterocycles. The molecule has 2 aromatic carbocycles. The molecule has 0 aromatic heterocycles. The summed E-state index contributed by atoms with van der Waals surface area (Å²) >= 11 is 8.38. The van der Waals surface area contributed by atoms with Gasteiger partial charge in [-0.15, -0.1) is 0 Å². The van der Waals surface area contributed by atoms with Crippen molar-refractivity contribution < 1.29 is 4.79 Å². The standard InChI is InChI=1S/C15H13BrN2OS/c16-12-8-6-11(7-9-12)15(19)18-13(14(17)20)10-4-2-1-3-5-10/h1-9,13H,(H2,17,20)(H,18,19). The summed E-state index contributed by atoms with van der Waals surface area (Å²) in [5, 5.41) is 2.85. The first-order valence-corrected chi connectivity index (χ1v) is 7.19. The highest BCUT2D eigenvalue weighted by Crippen LogP contribution is 2.15. The average Bonchev–Trinajstić information content (AvgIpc) is 2.46. The lowest BCUT2D eigenvalue weighted by Gasteiger charge is -2.18. The van der Waals surface area contributed by atoms with E-state index in [0.717, 1.165) is 10.0 Å². The van der Waals surface area contributed by atoms with Gasteiger partial charge < -0.3 is 11.1 Å². The zero-order chi connectivity index (χ0) is 14.5. The second-order valence-corrected chi connectivity index (χ2v) is 5.61. The first-order chi connectivity index (χ1) is 9.58. The molecule has 0 saturated heterocycles. The van der Waals surface area contributed by atoms with Crippen molar-refractivity contribution in [1.82, 2.24) is 5.32 Å². The highest BCUT2D eigenvalue weighted by Gasteiger charge is 2.17. The van der Waals surface area contributed by atoms with Gasteiger partial charge in [-0.25, -0.2) is 0 Å². The molecule has 5 heteroatoms. The van der Waals surface area contributed by atoms with Crippen LogP contribution in [-0.2, 0) is 0 Å². The summed E-state index contributed by atoms with van der Waals surface area (Å²) in [5.41, 5.74) is 7.16. The Labute approximate surface area is 131 Å². The molecule has 20 heavy (non-hydrogen) atoms. The number of carbonyl (C=O) groups is 1. The highest BCUT2D eigenvalue weighted by atomic mass is 79.9. The van der Waals surface area contributed by atoms with Gasteiger partial charge in [-0.1, -0.05) is 58.5 Å². The molecular weight excluding hydrogens is 336 g/mol. The zero-order valence-corrected chi connectivity index (χ0v) is 12.9. The van der Waals surface area contributed by atoms with Gasteiger partial charge in [0, 0.05) is 10.0 Å². The molecular formula is C15H13BrN2OS. The largest absolute Gasteiger partial charge is 0.391 e. The summed E-state index contributed by atoms with van der Waals surface area (Å²) in [6, 6.07) is 16.1. The van der Waals surface area contributed by atoms with Gasteiger partial charge in [-0.2, -0.15) is 0 Å². The summed E-state index contributed by atoms with van der Waals surface area (Å²) < 4.78 is 0.919. The third kappa shape index (κ3) is 3.65. The predicted octanol–water partition coefficient (Wildman–Crippen LogP) is 3.21. The van der Waals surface area contributed by atoms with E-state index in [9.17, 15) is 4.79 Å². The van der Waals surface area contributed by atoms with Crippen LogP contribution in [0, 0.1) is 0 Å². The van der Waals surface area contributed by atoms with Crippen molar-refractivity contribution in [3.05, 3.63) is 70.2 Å². The summed E-state index contributed by atoms with van der Waals surface area (Å²) in [4.78, 5) is 12.4. The van der Waals surface area contributed by atoms with Gasteiger partial charge >= 0.3 is 0 Å². The monoisotopic (exact) mass is 348 g/mol. The van der Waals surface area contributed by atoms with Crippen molar-refractivity contribution in [2.75, 3.05) is 0 Å². The van der Waals surface area contributed by atoms with Crippen LogP contribution in [-0.4, -0.2) is 10.9 Å². The van der Waals surface area contributed by atoms with Crippen molar-refractivity contribution in [3.8, 4) is 0 Å². The van der Waals surface area contributed by atoms with E-state index in [1.54, 1.807) is 12.1 Å². The Morgan fingerprint density at radius 3 is 2.25 bits per heavy atom. The van der Waals surface area contributed by atoms with Crippen LogP contribution in [0.25, 0.3) is 0 Å². The maximum Gasteiger partial charge on any atom is 0.252 e. The third-order valence-corrected chi connectivity index (χ3v) is 3.56. The SMILES string of the molecule is NC(=S)C(NC(=O)c1ccc(Br)cc1)c1ccccc1. The number of rotatable bonds is 4. The van der Waals surface area contributed by atoms with E-state index < -0.39 is 6.04 Å². The van der Waals surface area contributed by atoms with Crippen molar-refractivity contribution in [1.29, 1.82) is 0 Å². The molecule has 0 spiro atoms. The number of nitrogens with two attached hydrogens (primary N) is 1.